The lowest BCUT2D eigenvalue weighted by Gasteiger charge is -2.22. The Morgan fingerprint density at radius 3 is 2.96 bits per heavy atom. The molecular weight excluding hydrogens is 304 g/mol. The molecule has 0 spiro atoms. The highest BCUT2D eigenvalue weighted by molar-refractivity contribution is 7.99. The van der Waals surface area contributed by atoms with Crippen molar-refractivity contribution in [3.8, 4) is 6.07 Å². The summed E-state index contributed by atoms with van der Waals surface area (Å²) in [5.74, 6) is 1.35. The molecular formula is C19H18N2OS. The number of carbonyl (C=O) groups is 1. The number of carbonyl (C=O) groups excluding carboxylic acids is 1. The van der Waals surface area contributed by atoms with Gasteiger partial charge in [-0.3, -0.25) is 4.79 Å². The van der Waals surface area contributed by atoms with E-state index < -0.39 is 0 Å². The van der Waals surface area contributed by atoms with Crippen molar-refractivity contribution >= 4 is 23.4 Å². The van der Waals surface area contributed by atoms with Crippen LogP contribution in [0.15, 0.2) is 48.5 Å². The SMILES string of the molecule is C[C@H]1Cc2ccccc2N1C(=O)CSCc1cccc(C#N)c1. The van der Waals surface area contributed by atoms with E-state index in [0.717, 1.165) is 23.4 Å². The lowest BCUT2D eigenvalue weighted by Crippen LogP contribution is -2.37. The molecule has 2 aromatic rings. The van der Waals surface area contributed by atoms with Crippen LogP contribution >= 0.6 is 11.8 Å². The van der Waals surface area contributed by atoms with Gasteiger partial charge >= 0.3 is 0 Å². The Morgan fingerprint density at radius 2 is 2.13 bits per heavy atom. The fraction of sp³-hybridized carbons (Fsp3) is 0.263. The van der Waals surface area contributed by atoms with Crippen LogP contribution in [0.3, 0.4) is 0 Å². The molecule has 2 aromatic carbocycles. The molecule has 0 saturated heterocycles. The van der Waals surface area contributed by atoms with E-state index in [1.807, 2.05) is 41.3 Å². The molecule has 0 N–H and O–H groups in total. The molecule has 0 fully saturated rings. The van der Waals surface area contributed by atoms with Crippen LogP contribution in [0.4, 0.5) is 5.69 Å². The summed E-state index contributed by atoms with van der Waals surface area (Å²) in [7, 11) is 0. The number of hydrogen-bond acceptors (Lipinski definition) is 3. The summed E-state index contributed by atoms with van der Waals surface area (Å²) in [5, 5.41) is 8.92. The number of para-hydroxylation sites is 1. The maximum absolute atomic E-state index is 12.6. The third-order valence-corrected chi connectivity index (χ3v) is 5.01. The molecule has 0 radical (unpaired) electrons. The Hall–Kier alpha value is -2.25. The van der Waals surface area contributed by atoms with Gasteiger partial charge in [0.15, 0.2) is 0 Å². The molecule has 1 aliphatic rings. The van der Waals surface area contributed by atoms with Crippen LogP contribution in [0, 0.1) is 11.3 Å². The second-order valence-electron chi connectivity index (χ2n) is 5.75. The lowest BCUT2D eigenvalue weighted by molar-refractivity contribution is -0.116. The van der Waals surface area contributed by atoms with E-state index >= 15 is 0 Å². The van der Waals surface area contributed by atoms with Crippen LogP contribution in [-0.2, 0) is 17.0 Å². The summed E-state index contributed by atoms with van der Waals surface area (Å²) >= 11 is 1.60. The van der Waals surface area contributed by atoms with Gasteiger partial charge in [0.05, 0.1) is 17.4 Å². The van der Waals surface area contributed by atoms with Gasteiger partial charge in [-0.2, -0.15) is 5.26 Å². The molecule has 23 heavy (non-hydrogen) atoms. The smallest absolute Gasteiger partial charge is 0.237 e. The second-order valence-corrected chi connectivity index (χ2v) is 6.74. The third kappa shape index (κ3) is 3.40. The minimum atomic E-state index is 0.156. The zero-order chi connectivity index (χ0) is 16.2. The van der Waals surface area contributed by atoms with Crippen LogP contribution < -0.4 is 4.90 Å². The third-order valence-electron chi connectivity index (χ3n) is 4.03. The van der Waals surface area contributed by atoms with Gasteiger partial charge in [-0.05, 0) is 42.7 Å². The predicted molar refractivity (Wildman–Crippen MR) is 94.4 cm³/mol. The summed E-state index contributed by atoms with van der Waals surface area (Å²) in [6.07, 6.45) is 0.927. The molecule has 1 atom stereocenters. The van der Waals surface area contributed by atoms with Crippen LogP contribution in [-0.4, -0.2) is 17.7 Å². The molecule has 3 rings (SSSR count). The van der Waals surface area contributed by atoms with Gasteiger partial charge in [-0.15, -0.1) is 11.8 Å². The quantitative estimate of drug-likeness (QED) is 0.860. The number of fused-ring (bicyclic) bond motifs is 1. The van der Waals surface area contributed by atoms with Gasteiger partial charge in [0.1, 0.15) is 0 Å². The fourth-order valence-electron chi connectivity index (χ4n) is 3.00. The number of amides is 1. The van der Waals surface area contributed by atoms with Crippen molar-refractivity contribution in [2.45, 2.75) is 25.1 Å². The number of thioether (sulfide) groups is 1. The van der Waals surface area contributed by atoms with Crippen molar-refractivity contribution in [2.75, 3.05) is 10.7 Å². The zero-order valence-corrected chi connectivity index (χ0v) is 13.8. The van der Waals surface area contributed by atoms with E-state index in [4.69, 9.17) is 5.26 Å². The largest absolute Gasteiger partial charge is 0.308 e. The molecule has 1 amide bonds. The Bertz CT molecular complexity index is 766. The van der Waals surface area contributed by atoms with E-state index in [-0.39, 0.29) is 11.9 Å². The summed E-state index contributed by atoms with van der Waals surface area (Å²) in [6, 6.07) is 18.0. The van der Waals surface area contributed by atoms with Crippen LogP contribution in [0.25, 0.3) is 0 Å². The van der Waals surface area contributed by atoms with Crippen LogP contribution in [0.1, 0.15) is 23.6 Å². The van der Waals surface area contributed by atoms with Crippen molar-refractivity contribution in [2.24, 2.45) is 0 Å². The van der Waals surface area contributed by atoms with Gasteiger partial charge in [-0.25, -0.2) is 0 Å². The van der Waals surface area contributed by atoms with E-state index in [1.54, 1.807) is 17.8 Å². The fourth-order valence-corrected chi connectivity index (χ4v) is 3.83. The van der Waals surface area contributed by atoms with Crippen LogP contribution in [0.2, 0.25) is 0 Å². The van der Waals surface area contributed by atoms with Gasteiger partial charge in [-0.1, -0.05) is 30.3 Å². The summed E-state index contributed by atoms with van der Waals surface area (Å²) in [6.45, 7) is 2.10. The molecule has 0 aliphatic carbocycles. The Morgan fingerprint density at radius 1 is 1.30 bits per heavy atom. The van der Waals surface area contributed by atoms with E-state index in [9.17, 15) is 4.79 Å². The first-order valence-corrected chi connectivity index (χ1v) is 8.81. The number of rotatable bonds is 4. The van der Waals surface area contributed by atoms with Gasteiger partial charge in [0, 0.05) is 17.5 Å². The monoisotopic (exact) mass is 322 g/mol. The Kier molecular flexibility index (Phi) is 4.68. The number of benzene rings is 2. The predicted octanol–water partition coefficient (Wildman–Crippen LogP) is 3.77. The van der Waals surface area contributed by atoms with Crippen molar-refractivity contribution in [1.82, 2.24) is 0 Å². The number of anilines is 1. The highest BCUT2D eigenvalue weighted by atomic mass is 32.2. The van der Waals surface area contributed by atoms with Crippen molar-refractivity contribution in [3.63, 3.8) is 0 Å². The molecule has 4 heteroatoms. The first kappa shape index (κ1) is 15.6. The van der Waals surface area contributed by atoms with Gasteiger partial charge in [0.2, 0.25) is 5.91 Å². The standard InChI is InChI=1S/C19H18N2OS/c1-14-9-17-7-2-3-8-18(17)21(14)19(22)13-23-12-16-6-4-5-15(10-16)11-20/h2-8,10,14H,9,12-13H2,1H3/t14-/m0/s1. The van der Waals surface area contributed by atoms with Gasteiger partial charge in [0.25, 0.3) is 0 Å². The first-order valence-electron chi connectivity index (χ1n) is 7.66. The Labute approximate surface area is 140 Å². The number of nitrogens with zero attached hydrogens (tertiary/aromatic N) is 2. The molecule has 0 saturated carbocycles. The summed E-state index contributed by atoms with van der Waals surface area (Å²) in [5.41, 5.74) is 4.05. The molecule has 3 nitrogen and oxygen atoms in total. The first-order chi connectivity index (χ1) is 11.2. The topological polar surface area (TPSA) is 44.1 Å². The van der Waals surface area contributed by atoms with Crippen molar-refractivity contribution in [1.29, 1.82) is 5.26 Å². The van der Waals surface area contributed by atoms with E-state index in [2.05, 4.69) is 19.1 Å². The zero-order valence-electron chi connectivity index (χ0n) is 13.0. The summed E-state index contributed by atoms with van der Waals surface area (Å²) in [4.78, 5) is 14.5. The highest BCUT2D eigenvalue weighted by Crippen LogP contribution is 2.32. The maximum atomic E-state index is 12.6. The molecule has 0 aromatic heterocycles. The van der Waals surface area contributed by atoms with Crippen molar-refractivity contribution < 1.29 is 4.79 Å². The lowest BCUT2D eigenvalue weighted by atomic mass is 10.1. The number of nitriles is 1. The Balaban J connectivity index is 1.61. The molecule has 1 aliphatic heterocycles. The van der Waals surface area contributed by atoms with Gasteiger partial charge < -0.3 is 4.90 Å². The second kappa shape index (κ2) is 6.89. The molecule has 0 unspecified atom stereocenters. The maximum Gasteiger partial charge on any atom is 0.237 e. The van der Waals surface area contributed by atoms with Crippen molar-refractivity contribution in [3.05, 3.63) is 65.2 Å². The van der Waals surface area contributed by atoms with E-state index in [1.165, 1.54) is 5.56 Å². The molecule has 1 heterocycles. The average Bonchev–Trinajstić information content (AvgIpc) is 2.90. The average molecular weight is 322 g/mol. The summed E-state index contributed by atoms with van der Waals surface area (Å²) < 4.78 is 0. The van der Waals surface area contributed by atoms with E-state index in [0.29, 0.717) is 11.3 Å². The highest BCUT2D eigenvalue weighted by Gasteiger charge is 2.30. The minimum Gasteiger partial charge on any atom is -0.308 e. The number of hydrogen-bond donors (Lipinski definition) is 0. The molecule has 0 bridgehead atoms. The molecule has 116 valence electrons. The van der Waals surface area contributed by atoms with Crippen LogP contribution in [0.5, 0.6) is 0 Å². The normalized spacial score (nSPS) is 16.0. The minimum absolute atomic E-state index is 0.156.